The maximum atomic E-state index is 12.3. The van der Waals surface area contributed by atoms with Crippen LogP contribution >= 0.6 is 11.6 Å². The van der Waals surface area contributed by atoms with Crippen molar-refractivity contribution in [1.29, 1.82) is 0 Å². The van der Waals surface area contributed by atoms with Gasteiger partial charge in [-0.3, -0.25) is 9.78 Å². The molecule has 1 fully saturated rings. The van der Waals surface area contributed by atoms with E-state index in [-0.39, 0.29) is 11.8 Å². The third-order valence-corrected chi connectivity index (χ3v) is 4.28. The van der Waals surface area contributed by atoms with E-state index in [0.717, 1.165) is 42.3 Å². The fourth-order valence-corrected chi connectivity index (χ4v) is 3.05. The molecule has 1 N–H and O–H groups in total. The van der Waals surface area contributed by atoms with Crippen LogP contribution in [0, 0.1) is 5.92 Å². The van der Waals surface area contributed by atoms with Crippen molar-refractivity contribution in [2.45, 2.75) is 32.1 Å². The maximum absolute atomic E-state index is 12.3. The van der Waals surface area contributed by atoms with Crippen LogP contribution in [0.3, 0.4) is 0 Å². The predicted octanol–water partition coefficient (Wildman–Crippen LogP) is 4.41. The third kappa shape index (κ3) is 2.63. The second kappa shape index (κ2) is 5.80. The average molecular weight is 289 g/mol. The van der Waals surface area contributed by atoms with Crippen LogP contribution in [0.2, 0.25) is 5.02 Å². The molecule has 20 heavy (non-hydrogen) atoms. The van der Waals surface area contributed by atoms with Crippen LogP contribution in [0.25, 0.3) is 10.9 Å². The van der Waals surface area contributed by atoms with E-state index in [0.29, 0.717) is 5.02 Å². The number of nitrogens with zero attached hydrogens (tertiary/aromatic N) is 1. The minimum absolute atomic E-state index is 0.110. The number of aromatic nitrogens is 1. The number of anilines is 1. The highest BCUT2D eigenvalue weighted by molar-refractivity contribution is 6.35. The second-order valence-corrected chi connectivity index (χ2v) is 5.73. The van der Waals surface area contributed by atoms with E-state index >= 15 is 0 Å². The number of benzene rings is 1. The predicted molar refractivity (Wildman–Crippen MR) is 82.0 cm³/mol. The summed E-state index contributed by atoms with van der Waals surface area (Å²) >= 11 is 6.16. The van der Waals surface area contributed by atoms with E-state index in [1.807, 2.05) is 24.3 Å². The zero-order valence-corrected chi connectivity index (χ0v) is 12.0. The Hall–Kier alpha value is -1.61. The Labute approximate surface area is 123 Å². The summed E-state index contributed by atoms with van der Waals surface area (Å²) in [5.74, 6) is 0.247. The van der Waals surface area contributed by atoms with Crippen molar-refractivity contribution < 1.29 is 4.79 Å². The quantitative estimate of drug-likeness (QED) is 0.889. The standard InChI is InChI=1S/C16H17ClN2O/c17-13-8-9-14(15-12(13)7-4-10-18-15)19-16(20)11-5-2-1-3-6-11/h4,7-11H,1-3,5-6H2,(H,19,20). The molecule has 1 aromatic carbocycles. The van der Waals surface area contributed by atoms with E-state index in [1.165, 1.54) is 6.42 Å². The number of carbonyl (C=O) groups is 1. The van der Waals surface area contributed by atoms with Crippen molar-refractivity contribution >= 4 is 34.1 Å². The van der Waals surface area contributed by atoms with Crippen molar-refractivity contribution in [3.63, 3.8) is 0 Å². The van der Waals surface area contributed by atoms with Crippen LogP contribution in [0.4, 0.5) is 5.69 Å². The van der Waals surface area contributed by atoms with Crippen LogP contribution in [0.15, 0.2) is 30.5 Å². The highest BCUT2D eigenvalue weighted by Gasteiger charge is 2.21. The van der Waals surface area contributed by atoms with Crippen LogP contribution in [0.1, 0.15) is 32.1 Å². The lowest BCUT2D eigenvalue weighted by Crippen LogP contribution is -2.24. The molecule has 0 bridgehead atoms. The molecule has 0 unspecified atom stereocenters. The summed E-state index contributed by atoms with van der Waals surface area (Å²) in [4.78, 5) is 16.7. The Balaban J connectivity index is 1.87. The zero-order valence-electron chi connectivity index (χ0n) is 11.2. The first-order chi connectivity index (χ1) is 9.75. The number of hydrogen-bond acceptors (Lipinski definition) is 2. The first-order valence-corrected chi connectivity index (χ1v) is 7.47. The largest absolute Gasteiger partial charge is 0.324 e. The lowest BCUT2D eigenvalue weighted by Gasteiger charge is -2.21. The smallest absolute Gasteiger partial charge is 0.227 e. The lowest BCUT2D eigenvalue weighted by atomic mass is 9.88. The topological polar surface area (TPSA) is 42.0 Å². The minimum Gasteiger partial charge on any atom is -0.324 e. The molecular weight excluding hydrogens is 272 g/mol. The molecule has 2 aromatic rings. The summed E-state index contributed by atoms with van der Waals surface area (Å²) in [6.07, 6.45) is 7.25. The van der Waals surface area contributed by atoms with Crippen LogP contribution in [0.5, 0.6) is 0 Å². The number of amides is 1. The molecular formula is C16H17ClN2O. The van der Waals surface area contributed by atoms with Crippen LogP contribution in [-0.2, 0) is 4.79 Å². The van der Waals surface area contributed by atoms with Gasteiger partial charge in [-0.05, 0) is 37.1 Å². The highest BCUT2D eigenvalue weighted by Crippen LogP contribution is 2.30. The van der Waals surface area contributed by atoms with E-state index in [9.17, 15) is 4.79 Å². The molecule has 1 amide bonds. The first kappa shape index (κ1) is 13.4. The highest BCUT2D eigenvalue weighted by atomic mass is 35.5. The van der Waals surface area contributed by atoms with Gasteiger partial charge >= 0.3 is 0 Å². The molecule has 0 radical (unpaired) electrons. The Morgan fingerprint density at radius 2 is 2.00 bits per heavy atom. The number of halogens is 1. The van der Waals surface area contributed by atoms with Crippen molar-refractivity contribution in [3.05, 3.63) is 35.5 Å². The van der Waals surface area contributed by atoms with Crippen molar-refractivity contribution in [1.82, 2.24) is 4.98 Å². The molecule has 3 rings (SSSR count). The number of fused-ring (bicyclic) bond motifs is 1. The van der Waals surface area contributed by atoms with Gasteiger partial charge in [-0.2, -0.15) is 0 Å². The summed E-state index contributed by atoms with van der Waals surface area (Å²) in [6.45, 7) is 0. The zero-order chi connectivity index (χ0) is 13.9. The normalized spacial score (nSPS) is 16.2. The Morgan fingerprint density at radius 1 is 1.20 bits per heavy atom. The molecule has 0 aliphatic heterocycles. The van der Waals surface area contributed by atoms with Gasteiger partial charge in [-0.15, -0.1) is 0 Å². The van der Waals surface area contributed by atoms with E-state index in [2.05, 4.69) is 10.3 Å². The molecule has 1 saturated carbocycles. The number of nitrogens with one attached hydrogen (secondary N) is 1. The summed E-state index contributed by atoms with van der Waals surface area (Å²) in [5, 5.41) is 4.55. The minimum atomic E-state index is 0.110. The van der Waals surface area contributed by atoms with E-state index < -0.39 is 0 Å². The molecule has 4 heteroatoms. The molecule has 1 aliphatic rings. The van der Waals surface area contributed by atoms with Gasteiger partial charge in [0.1, 0.15) is 0 Å². The van der Waals surface area contributed by atoms with Gasteiger partial charge in [-0.25, -0.2) is 0 Å². The second-order valence-electron chi connectivity index (χ2n) is 5.32. The van der Waals surface area contributed by atoms with Crippen molar-refractivity contribution in [2.75, 3.05) is 5.32 Å². The average Bonchev–Trinajstić information content (AvgIpc) is 2.51. The summed E-state index contributed by atoms with van der Waals surface area (Å²) in [5.41, 5.74) is 1.50. The first-order valence-electron chi connectivity index (χ1n) is 7.10. The summed E-state index contributed by atoms with van der Waals surface area (Å²) < 4.78 is 0. The number of hydrogen-bond donors (Lipinski definition) is 1. The number of pyridine rings is 1. The SMILES string of the molecule is O=C(Nc1ccc(Cl)c2cccnc12)C1CCCCC1. The maximum Gasteiger partial charge on any atom is 0.227 e. The van der Waals surface area contributed by atoms with Gasteiger partial charge in [0.05, 0.1) is 16.2 Å². The summed E-state index contributed by atoms with van der Waals surface area (Å²) in [6, 6.07) is 7.41. The third-order valence-electron chi connectivity index (χ3n) is 3.95. The Morgan fingerprint density at radius 3 is 2.80 bits per heavy atom. The molecule has 3 nitrogen and oxygen atoms in total. The molecule has 1 heterocycles. The van der Waals surface area contributed by atoms with Gasteiger partial charge in [0.2, 0.25) is 5.91 Å². The fraction of sp³-hybridized carbons (Fsp3) is 0.375. The number of rotatable bonds is 2. The lowest BCUT2D eigenvalue weighted by molar-refractivity contribution is -0.120. The summed E-state index contributed by atoms with van der Waals surface area (Å²) in [7, 11) is 0. The van der Waals surface area contributed by atoms with Gasteiger partial charge in [0, 0.05) is 17.5 Å². The van der Waals surface area contributed by atoms with Gasteiger partial charge in [-0.1, -0.05) is 30.9 Å². The molecule has 0 saturated heterocycles. The Bertz CT molecular complexity index is 635. The molecule has 1 aromatic heterocycles. The fourth-order valence-electron chi connectivity index (χ4n) is 2.84. The van der Waals surface area contributed by atoms with Crippen molar-refractivity contribution in [3.8, 4) is 0 Å². The van der Waals surface area contributed by atoms with Crippen LogP contribution in [-0.4, -0.2) is 10.9 Å². The molecule has 0 spiro atoms. The van der Waals surface area contributed by atoms with Crippen LogP contribution < -0.4 is 5.32 Å². The molecule has 104 valence electrons. The van der Waals surface area contributed by atoms with Gasteiger partial charge in [0.15, 0.2) is 0 Å². The number of carbonyl (C=O) groups excluding carboxylic acids is 1. The monoisotopic (exact) mass is 288 g/mol. The van der Waals surface area contributed by atoms with Gasteiger partial charge in [0.25, 0.3) is 0 Å². The van der Waals surface area contributed by atoms with E-state index in [4.69, 9.17) is 11.6 Å². The van der Waals surface area contributed by atoms with Crippen molar-refractivity contribution in [2.24, 2.45) is 5.92 Å². The molecule has 0 atom stereocenters. The Kier molecular flexibility index (Phi) is 3.88. The molecule has 1 aliphatic carbocycles. The van der Waals surface area contributed by atoms with Gasteiger partial charge < -0.3 is 5.32 Å². The van der Waals surface area contributed by atoms with E-state index in [1.54, 1.807) is 6.20 Å².